The zero-order chi connectivity index (χ0) is 17.2. The van der Waals surface area contributed by atoms with Gasteiger partial charge in [0.1, 0.15) is 0 Å². The van der Waals surface area contributed by atoms with Gasteiger partial charge in [0.05, 0.1) is 12.3 Å². The van der Waals surface area contributed by atoms with Crippen LogP contribution in [0.25, 0.3) is 0 Å². The predicted molar refractivity (Wildman–Crippen MR) is 87.6 cm³/mol. The minimum Gasteiger partial charge on any atom is -0.327 e. The molecule has 2 amide bonds. The van der Waals surface area contributed by atoms with E-state index in [4.69, 9.17) is 0 Å². The summed E-state index contributed by atoms with van der Waals surface area (Å²) in [7, 11) is 7.09. The van der Waals surface area contributed by atoms with Gasteiger partial charge in [-0.1, -0.05) is 13.2 Å². The highest BCUT2D eigenvalue weighted by atomic mass is 16.2. The van der Waals surface area contributed by atoms with E-state index in [1.807, 2.05) is 20.9 Å². The van der Waals surface area contributed by atoms with E-state index >= 15 is 0 Å². The van der Waals surface area contributed by atoms with Crippen LogP contribution in [-0.4, -0.2) is 62.1 Å². The normalized spacial score (nSPS) is 12.3. The zero-order valence-electron chi connectivity index (χ0n) is 14.4. The molecule has 0 fully saturated rings. The topological polar surface area (TPSA) is 64.7 Å². The average Bonchev–Trinajstić information content (AvgIpc) is 2.50. The predicted octanol–water partition coefficient (Wildman–Crippen LogP) is 0.783. The molecule has 0 aromatic heterocycles. The van der Waals surface area contributed by atoms with Crippen LogP contribution in [0.1, 0.15) is 20.8 Å². The number of carbonyl (C=O) groups is 2. The van der Waals surface area contributed by atoms with Crippen LogP contribution in [0.5, 0.6) is 0 Å². The molecule has 6 heteroatoms. The van der Waals surface area contributed by atoms with Crippen molar-refractivity contribution >= 4 is 11.8 Å². The van der Waals surface area contributed by atoms with Gasteiger partial charge in [-0.05, 0) is 40.9 Å². The van der Waals surface area contributed by atoms with E-state index in [-0.39, 0.29) is 24.1 Å². The van der Waals surface area contributed by atoms with Crippen molar-refractivity contribution in [1.29, 1.82) is 0 Å². The molecule has 0 rings (SSSR count). The summed E-state index contributed by atoms with van der Waals surface area (Å²) in [5, 5.41) is 5.90. The summed E-state index contributed by atoms with van der Waals surface area (Å²) in [5.74, 6) is -0.0892. The van der Waals surface area contributed by atoms with Gasteiger partial charge in [0.2, 0.25) is 11.8 Å². The molecule has 0 heterocycles. The summed E-state index contributed by atoms with van der Waals surface area (Å²) < 4.78 is 0. The van der Waals surface area contributed by atoms with Crippen LogP contribution in [0.15, 0.2) is 24.8 Å². The molecular formula is C15H30N4O2. The maximum absolute atomic E-state index is 11.2. The Morgan fingerprint density at radius 3 is 1.71 bits per heavy atom. The lowest BCUT2D eigenvalue weighted by Crippen LogP contribution is -2.43. The third-order valence-electron chi connectivity index (χ3n) is 3.21. The Bertz CT molecular complexity index is 369. The smallest absolute Gasteiger partial charge is 0.249 e. The Morgan fingerprint density at radius 1 is 1.05 bits per heavy atom. The van der Waals surface area contributed by atoms with Gasteiger partial charge in [0, 0.05) is 19.7 Å². The lowest BCUT2D eigenvalue weighted by Gasteiger charge is -2.24. The second-order valence-electron chi connectivity index (χ2n) is 4.78. The van der Waals surface area contributed by atoms with Gasteiger partial charge < -0.3 is 20.4 Å². The number of likely N-dealkylation sites (N-methyl/N-ethyl adjacent to an activating group) is 2. The minimum atomic E-state index is -0.0677. The first kappa shape index (κ1) is 21.6. The van der Waals surface area contributed by atoms with E-state index in [9.17, 15) is 9.59 Å². The lowest BCUT2D eigenvalue weighted by molar-refractivity contribution is -0.128. The number of nitrogens with zero attached hydrogens (tertiary/aromatic N) is 2. The van der Waals surface area contributed by atoms with Crippen LogP contribution in [0.2, 0.25) is 0 Å². The summed E-state index contributed by atoms with van der Waals surface area (Å²) in [5.41, 5.74) is 0.564. The fourth-order valence-corrected chi connectivity index (χ4v) is 1.20. The Balaban J connectivity index is 0. The van der Waals surface area contributed by atoms with Gasteiger partial charge in [0.15, 0.2) is 0 Å². The van der Waals surface area contributed by atoms with E-state index in [1.54, 1.807) is 37.9 Å². The fraction of sp³-hybridized carbons (Fsp3) is 0.600. The van der Waals surface area contributed by atoms with Crippen LogP contribution in [0.4, 0.5) is 0 Å². The van der Waals surface area contributed by atoms with Crippen molar-refractivity contribution in [3.8, 4) is 0 Å². The summed E-state index contributed by atoms with van der Waals surface area (Å²) in [4.78, 5) is 25.3. The summed E-state index contributed by atoms with van der Waals surface area (Å²) >= 11 is 0. The minimum absolute atomic E-state index is 0.0214. The third-order valence-corrected chi connectivity index (χ3v) is 3.21. The molecule has 0 aliphatic rings. The Morgan fingerprint density at radius 2 is 1.43 bits per heavy atom. The highest BCUT2D eigenvalue weighted by molar-refractivity contribution is 5.92. The molecule has 0 radical (unpaired) electrons. The van der Waals surface area contributed by atoms with Crippen LogP contribution < -0.4 is 10.6 Å². The largest absolute Gasteiger partial charge is 0.327 e. The molecular weight excluding hydrogens is 268 g/mol. The van der Waals surface area contributed by atoms with Crippen molar-refractivity contribution in [2.45, 2.75) is 33.1 Å². The molecule has 2 atom stereocenters. The van der Waals surface area contributed by atoms with E-state index < -0.39 is 0 Å². The first-order valence-corrected chi connectivity index (χ1v) is 6.80. The number of nitrogens with one attached hydrogen (secondary N) is 2. The van der Waals surface area contributed by atoms with Crippen molar-refractivity contribution in [3.05, 3.63) is 24.8 Å². The summed E-state index contributed by atoms with van der Waals surface area (Å²) in [6.45, 7) is 12.5. The maximum Gasteiger partial charge on any atom is 0.249 e. The van der Waals surface area contributed by atoms with Gasteiger partial charge in [-0.25, -0.2) is 0 Å². The Hall–Kier alpha value is -1.66. The highest BCUT2D eigenvalue weighted by Gasteiger charge is 2.13. The number of amides is 2. The Kier molecular flexibility index (Phi) is 11.4. The maximum atomic E-state index is 11.2. The first-order valence-electron chi connectivity index (χ1n) is 6.80. The molecule has 0 spiro atoms. The fourth-order valence-electron chi connectivity index (χ4n) is 1.20. The SMILES string of the molecule is C=C(C)C(=O)N(C)C(C)NC.C=CC(=O)N(C)C(C)NC. The van der Waals surface area contributed by atoms with Gasteiger partial charge in [-0.15, -0.1) is 0 Å². The quantitative estimate of drug-likeness (QED) is 0.562. The van der Waals surface area contributed by atoms with E-state index in [1.165, 1.54) is 6.08 Å². The Labute approximate surface area is 128 Å². The van der Waals surface area contributed by atoms with E-state index in [0.717, 1.165) is 0 Å². The monoisotopic (exact) mass is 298 g/mol. The van der Waals surface area contributed by atoms with Crippen molar-refractivity contribution < 1.29 is 9.59 Å². The van der Waals surface area contributed by atoms with Gasteiger partial charge in [-0.2, -0.15) is 0 Å². The van der Waals surface area contributed by atoms with E-state index in [2.05, 4.69) is 23.8 Å². The van der Waals surface area contributed by atoms with Crippen LogP contribution in [-0.2, 0) is 9.59 Å². The zero-order valence-corrected chi connectivity index (χ0v) is 14.4. The average molecular weight is 298 g/mol. The molecule has 0 aromatic carbocycles. The third kappa shape index (κ3) is 8.27. The first-order chi connectivity index (χ1) is 9.63. The van der Waals surface area contributed by atoms with Crippen LogP contribution in [0.3, 0.4) is 0 Å². The van der Waals surface area contributed by atoms with Gasteiger partial charge in [0.25, 0.3) is 0 Å². The number of hydrogen-bond acceptors (Lipinski definition) is 4. The second kappa shape index (κ2) is 11.0. The number of rotatable bonds is 6. The highest BCUT2D eigenvalue weighted by Crippen LogP contribution is 1.98. The number of carbonyl (C=O) groups excluding carboxylic acids is 2. The summed E-state index contributed by atoms with van der Waals surface area (Å²) in [6.07, 6.45) is 1.41. The van der Waals surface area contributed by atoms with Crippen molar-refractivity contribution in [2.75, 3.05) is 28.2 Å². The van der Waals surface area contributed by atoms with Crippen molar-refractivity contribution in [3.63, 3.8) is 0 Å². The van der Waals surface area contributed by atoms with Gasteiger partial charge >= 0.3 is 0 Å². The molecule has 0 aliphatic heterocycles. The van der Waals surface area contributed by atoms with Crippen molar-refractivity contribution in [1.82, 2.24) is 20.4 Å². The molecule has 0 aromatic rings. The van der Waals surface area contributed by atoms with Crippen molar-refractivity contribution in [2.24, 2.45) is 0 Å². The molecule has 0 bridgehead atoms. The second-order valence-corrected chi connectivity index (χ2v) is 4.78. The van der Waals surface area contributed by atoms with Gasteiger partial charge in [-0.3, -0.25) is 9.59 Å². The summed E-state index contributed by atoms with van der Waals surface area (Å²) in [6, 6.07) is 0. The van der Waals surface area contributed by atoms with Crippen LogP contribution in [0, 0.1) is 0 Å². The standard InChI is InChI=1S/C8H16N2O.C7H14N2O/c1-6(2)8(11)10(5)7(3)9-4;1-5-7(10)9(4)6(2)8-3/h7,9H,1H2,2-5H3;5-6,8H,1H2,2-4H3. The molecule has 2 N–H and O–H groups in total. The molecule has 0 saturated heterocycles. The lowest BCUT2D eigenvalue weighted by atomic mass is 10.3. The molecule has 2 unspecified atom stereocenters. The van der Waals surface area contributed by atoms with E-state index in [0.29, 0.717) is 5.57 Å². The molecule has 0 aliphatic carbocycles. The number of hydrogen-bond donors (Lipinski definition) is 2. The molecule has 0 saturated carbocycles. The molecule has 122 valence electrons. The molecule has 6 nitrogen and oxygen atoms in total. The molecule has 21 heavy (non-hydrogen) atoms. The van der Waals surface area contributed by atoms with Crippen LogP contribution >= 0.6 is 0 Å².